The van der Waals surface area contributed by atoms with Gasteiger partial charge in [-0.1, -0.05) is 206 Å². The molecule has 0 nitrogen and oxygen atoms in total. The molecule has 0 fully saturated rings. The van der Waals surface area contributed by atoms with E-state index in [0.717, 1.165) is 0 Å². The fourth-order valence-electron chi connectivity index (χ4n) is 11.2. The zero-order chi connectivity index (χ0) is 41.9. The molecule has 0 saturated carbocycles. The highest BCUT2D eigenvalue weighted by Gasteiger charge is 2.19. The smallest absolute Gasteiger partial charge is 0.00203 e. The van der Waals surface area contributed by atoms with Gasteiger partial charge in [0.1, 0.15) is 0 Å². The first-order chi connectivity index (χ1) is 31.7. The van der Waals surface area contributed by atoms with E-state index in [-0.39, 0.29) is 0 Å². The van der Waals surface area contributed by atoms with Crippen molar-refractivity contribution in [3.05, 3.63) is 231 Å². The van der Waals surface area contributed by atoms with Crippen LogP contribution in [-0.2, 0) is 0 Å². The molecule has 14 rings (SSSR count). The fourth-order valence-corrected chi connectivity index (χ4v) is 11.2. The molecule has 0 heterocycles. The Balaban J connectivity index is 0.964. The average Bonchev–Trinajstić information content (AvgIpc) is 3.36. The quantitative estimate of drug-likeness (QED) is 0.155. The van der Waals surface area contributed by atoms with Crippen LogP contribution in [0.3, 0.4) is 0 Å². The lowest BCUT2D eigenvalue weighted by Crippen LogP contribution is -1.91. The first-order valence-corrected chi connectivity index (χ1v) is 22.3. The zero-order valence-corrected chi connectivity index (χ0v) is 34.9. The molecule has 14 aromatic carbocycles. The Morgan fingerprint density at radius 1 is 0.156 bits per heavy atom. The van der Waals surface area contributed by atoms with Crippen molar-refractivity contribution in [3.63, 3.8) is 0 Å². The minimum Gasteiger partial charge on any atom is -0.0616 e. The zero-order valence-electron chi connectivity index (χ0n) is 34.9. The highest BCUT2D eigenvalue weighted by molar-refractivity contribution is 6.28. The van der Waals surface area contributed by atoms with Crippen molar-refractivity contribution >= 4 is 97.0 Å². The first-order valence-electron chi connectivity index (χ1n) is 22.3. The van der Waals surface area contributed by atoms with Gasteiger partial charge in [0, 0.05) is 0 Å². The molecule has 14 aromatic rings. The van der Waals surface area contributed by atoms with Gasteiger partial charge < -0.3 is 0 Å². The summed E-state index contributed by atoms with van der Waals surface area (Å²) in [5.74, 6) is 0. The molecule has 0 bridgehead atoms. The maximum atomic E-state index is 2.44. The predicted molar refractivity (Wildman–Crippen MR) is 277 cm³/mol. The summed E-state index contributed by atoms with van der Waals surface area (Å²) < 4.78 is 0. The Kier molecular flexibility index (Phi) is 7.49. The van der Waals surface area contributed by atoms with E-state index in [1.165, 1.54) is 141 Å². The summed E-state index contributed by atoms with van der Waals surface area (Å²) in [6, 6.07) is 86.3. The molecule has 0 atom stereocenters. The molecule has 0 radical (unpaired) electrons. The fraction of sp³-hybridized carbons (Fsp3) is 0. The van der Waals surface area contributed by atoms with Crippen LogP contribution >= 0.6 is 0 Å². The van der Waals surface area contributed by atoms with Crippen molar-refractivity contribution in [1.29, 1.82) is 0 Å². The molecule has 0 heteroatoms. The molecule has 0 aliphatic heterocycles. The summed E-state index contributed by atoms with van der Waals surface area (Å²) in [5.41, 5.74) is 10.1. The first kappa shape index (κ1) is 35.3. The predicted octanol–water partition coefficient (Wildman–Crippen LogP) is 18.2. The van der Waals surface area contributed by atoms with Gasteiger partial charge in [-0.25, -0.2) is 0 Å². The van der Waals surface area contributed by atoms with Crippen molar-refractivity contribution in [2.45, 2.75) is 0 Å². The van der Waals surface area contributed by atoms with Crippen LogP contribution in [0.1, 0.15) is 0 Å². The summed E-state index contributed by atoms with van der Waals surface area (Å²) >= 11 is 0. The monoisotopic (exact) mass is 806 g/mol. The Hall–Kier alpha value is -8.32. The van der Waals surface area contributed by atoms with Crippen molar-refractivity contribution < 1.29 is 0 Å². The maximum absolute atomic E-state index is 2.44. The number of rotatable bonds is 4. The second-order valence-electron chi connectivity index (χ2n) is 17.5. The van der Waals surface area contributed by atoms with Gasteiger partial charge in [-0.15, -0.1) is 0 Å². The van der Waals surface area contributed by atoms with E-state index in [1.807, 2.05) is 0 Å². The summed E-state index contributed by atoms with van der Waals surface area (Å²) in [5, 5.41) is 23.0. The molecule has 294 valence electrons. The third-order valence-electron chi connectivity index (χ3n) is 14.2. The van der Waals surface area contributed by atoms with Crippen molar-refractivity contribution in [2.24, 2.45) is 0 Å². The summed E-state index contributed by atoms with van der Waals surface area (Å²) in [7, 11) is 0. The molecule has 0 saturated heterocycles. The van der Waals surface area contributed by atoms with E-state index < -0.39 is 0 Å². The molecule has 0 aliphatic carbocycles. The van der Waals surface area contributed by atoms with E-state index in [2.05, 4.69) is 231 Å². The van der Waals surface area contributed by atoms with Crippen molar-refractivity contribution in [3.8, 4) is 44.5 Å². The molecule has 0 spiro atoms. The van der Waals surface area contributed by atoms with Crippen LogP contribution in [0.25, 0.3) is 141 Å². The molecule has 0 unspecified atom stereocenters. The van der Waals surface area contributed by atoms with Gasteiger partial charge in [-0.05, 0) is 166 Å². The van der Waals surface area contributed by atoms with Crippen LogP contribution in [0.2, 0.25) is 0 Å². The number of benzene rings is 14. The lowest BCUT2D eigenvalue weighted by atomic mass is 9.85. The highest BCUT2D eigenvalue weighted by atomic mass is 14.2. The highest BCUT2D eigenvalue weighted by Crippen LogP contribution is 2.46. The Morgan fingerprint density at radius 2 is 0.531 bits per heavy atom. The molecular weight excluding hydrogens is 769 g/mol. The second kappa shape index (κ2) is 13.6. The van der Waals surface area contributed by atoms with Gasteiger partial charge in [-0.3, -0.25) is 0 Å². The average molecular weight is 807 g/mol. The number of fused-ring (bicyclic) bond motifs is 8. The van der Waals surface area contributed by atoms with Crippen molar-refractivity contribution in [1.82, 2.24) is 0 Å². The lowest BCUT2D eigenvalue weighted by Gasteiger charge is -2.18. The van der Waals surface area contributed by atoms with E-state index in [0.29, 0.717) is 0 Å². The van der Waals surface area contributed by atoms with Crippen LogP contribution in [0.5, 0.6) is 0 Å². The largest absolute Gasteiger partial charge is 0.0616 e. The van der Waals surface area contributed by atoms with Crippen LogP contribution < -0.4 is 0 Å². The maximum Gasteiger partial charge on any atom is -0.00203 e. The van der Waals surface area contributed by atoms with E-state index >= 15 is 0 Å². The van der Waals surface area contributed by atoms with Gasteiger partial charge in [0.15, 0.2) is 0 Å². The lowest BCUT2D eigenvalue weighted by molar-refractivity contribution is 1.68. The molecule has 64 heavy (non-hydrogen) atoms. The number of hydrogen-bond acceptors (Lipinski definition) is 0. The van der Waals surface area contributed by atoms with Crippen LogP contribution in [0.4, 0.5) is 0 Å². The van der Waals surface area contributed by atoms with Gasteiger partial charge in [0.25, 0.3) is 0 Å². The number of hydrogen-bond donors (Lipinski definition) is 0. The molecule has 0 aromatic heterocycles. The third-order valence-corrected chi connectivity index (χ3v) is 14.2. The van der Waals surface area contributed by atoms with Crippen molar-refractivity contribution in [2.75, 3.05) is 0 Å². The second-order valence-corrected chi connectivity index (χ2v) is 17.5. The SMILES string of the molecule is c1ccc2c(-c3cc4ccccc4c4cc(-c5ccc6ccc7c(-c8ccc9c(-c%10cccc%11ccccc%10%11)cc%10ccccc%10c9c8)ccc8ccc5c6c87)ccc34)cccc2c1. The van der Waals surface area contributed by atoms with E-state index in [4.69, 9.17) is 0 Å². The van der Waals surface area contributed by atoms with Gasteiger partial charge in [-0.2, -0.15) is 0 Å². The minimum absolute atomic E-state index is 1.23. The van der Waals surface area contributed by atoms with E-state index in [1.54, 1.807) is 0 Å². The Bertz CT molecular complexity index is 3960. The molecule has 0 amide bonds. The standard InChI is InChI=1S/C64H38/c1-5-17-47-39(11-1)15-9-21-53(47)61-35-43-13-3-7-19-49(43)59-37-45(27-31-55(59)61)51-29-23-41-26-34-58-52(30-24-42-25-33-57(51)63(41)64(42)58)46-28-32-56-60(38-46)50-20-8-4-14-44(50)36-62(56)54-22-10-16-40-12-2-6-18-48(40)54/h1-38H. The van der Waals surface area contributed by atoms with E-state index in [9.17, 15) is 0 Å². The molecular formula is C64H38. The third kappa shape index (κ3) is 5.17. The van der Waals surface area contributed by atoms with Gasteiger partial charge >= 0.3 is 0 Å². The summed E-state index contributed by atoms with van der Waals surface area (Å²) in [6.07, 6.45) is 0. The van der Waals surface area contributed by atoms with Crippen LogP contribution in [-0.4, -0.2) is 0 Å². The molecule has 0 N–H and O–H groups in total. The summed E-state index contributed by atoms with van der Waals surface area (Å²) in [6.45, 7) is 0. The van der Waals surface area contributed by atoms with Crippen LogP contribution in [0, 0.1) is 0 Å². The topological polar surface area (TPSA) is 0 Å². The minimum atomic E-state index is 1.23. The van der Waals surface area contributed by atoms with Gasteiger partial charge in [0.2, 0.25) is 0 Å². The van der Waals surface area contributed by atoms with Gasteiger partial charge in [0.05, 0.1) is 0 Å². The Labute approximate surface area is 370 Å². The molecule has 0 aliphatic rings. The summed E-state index contributed by atoms with van der Waals surface area (Å²) in [4.78, 5) is 0. The normalized spacial score (nSPS) is 12.1. The Morgan fingerprint density at radius 3 is 1.00 bits per heavy atom. The van der Waals surface area contributed by atoms with Crippen LogP contribution in [0.15, 0.2) is 231 Å².